The van der Waals surface area contributed by atoms with Gasteiger partial charge < -0.3 is 15.2 Å². The van der Waals surface area contributed by atoms with Crippen molar-refractivity contribution in [1.29, 1.82) is 0 Å². The molecule has 0 unspecified atom stereocenters. The Balaban J connectivity index is 1.32. The van der Waals surface area contributed by atoms with Crippen molar-refractivity contribution in [2.24, 2.45) is 0 Å². The molecule has 0 bridgehead atoms. The van der Waals surface area contributed by atoms with Crippen LogP contribution in [0.25, 0.3) is 0 Å². The summed E-state index contributed by atoms with van der Waals surface area (Å²) in [6, 6.07) is 24.6. The fourth-order valence-corrected chi connectivity index (χ4v) is 3.41. The second-order valence-corrected chi connectivity index (χ2v) is 7.72. The number of carboxylic acid groups (broad SMARTS) is 1. The third kappa shape index (κ3) is 7.91. The summed E-state index contributed by atoms with van der Waals surface area (Å²) in [6.45, 7) is 0.700. The fraction of sp³-hybridized carbons (Fsp3) is 0.259. The molecule has 0 saturated heterocycles. The summed E-state index contributed by atoms with van der Waals surface area (Å²) in [4.78, 5) is 23.2. The molecule has 0 aliphatic heterocycles. The van der Waals surface area contributed by atoms with Crippen LogP contribution in [0.4, 0.5) is 5.69 Å². The van der Waals surface area contributed by atoms with Gasteiger partial charge in [-0.25, -0.2) is 4.79 Å². The van der Waals surface area contributed by atoms with Crippen molar-refractivity contribution in [3.05, 3.63) is 95.6 Å². The third-order valence-electron chi connectivity index (χ3n) is 5.18. The monoisotopic (exact) mass is 431 g/mol. The highest BCUT2D eigenvalue weighted by atomic mass is 16.5. The van der Waals surface area contributed by atoms with Crippen LogP contribution in [-0.2, 0) is 17.6 Å². The summed E-state index contributed by atoms with van der Waals surface area (Å²) >= 11 is 0. The molecule has 3 aromatic carbocycles. The summed E-state index contributed by atoms with van der Waals surface area (Å²) in [7, 11) is 0. The first-order valence-electron chi connectivity index (χ1n) is 11.0. The molecule has 0 aliphatic carbocycles. The Morgan fingerprint density at radius 2 is 1.53 bits per heavy atom. The highest BCUT2D eigenvalue weighted by Gasteiger charge is 2.07. The van der Waals surface area contributed by atoms with Gasteiger partial charge in [0.1, 0.15) is 5.75 Å². The van der Waals surface area contributed by atoms with Gasteiger partial charge in [0.2, 0.25) is 5.91 Å². The number of carbonyl (C=O) groups is 2. The Morgan fingerprint density at radius 1 is 0.781 bits per heavy atom. The van der Waals surface area contributed by atoms with Crippen molar-refractivity contribution >= 4 is 17.6 Å². The molecule has 1 amide bonds. The van der Waals surface area contributed by atoms with Gasteiger partial charge >= 0.3 is 5.97 Å². The topological polar surface area (TPSA) is 75.6 Å². The molecule has 2 N–H and O–H groups in total. The number of carbonyl (C=O) groups excluding carboxylic acids is 1. The quantitative estimate of drug-likeness (QED) is 0.358. The van der Waals surface area contributed by atoms with Gasteiger partial charge in [-0.15, -0.1) is 0 Å². The van der Waals surface area contributed by atoms with Crippen LogP contribution in [0, 0.1) is 0 Å². The molecule has 0 heterocycles. The number of anilines is 1. The van der Waals surface area contributed by atoms with Crippen molar-refractivity contribution in [3.63, 3.8) is 0 Å². The maximum Gasteiger partial charge on any atom is 0.335 e. The molecule has 5 heteroatoms. The second-order valence-electron chi connectivity index (χ2n) is 7.72. The molecular weight excluding hydrogens is 402 g/mol. The number of ether oxygens (including phenoxy) is 1. The van der Waals surface area contributed by atoms with Crippen molar-refractivity contribution in [2.75, 3.05) is 11.9 Å². The molecule has 0 aliphatic rings. The van der Waals surface area contributed by atoms with E-state index in [0.717, 1.165) is 37.0 Å². The number of unbranched alkanes of at least 4 members (excludes halogenated alkanes) is 2. The number of rotatable bonds is 12. The van der Waals surface area contributed by atoms with Gasteiger partial charge in [0.15, 0.2) is 0 Å². The molecule has 0 spiro atoms. The second kappa shape index (κ2) is 12.3. The van der Waals surface area contributed by atoms with E-state index in [9.17, 15) is 9.59 Å². The number of amides is 1. The largest absolute Gasteiger partial charge is 0.494 e. The Hall–Kier alpha value is -3.60. The van der Waals surface area contributed by atoms with E-state index in [2.05, 4.69) is 29.6 Å². The van der Waals surface area contributed by atoms with Crippen molar-refractivity contribution in [1.82, 2.24) is 0 Å². The van der Waals surface area contributed by atoms with Crippen LogP contribution in [-0.4, -0.2) is 23.6 Å². The lowest BCUT2D eigenvalue weighted by Crippen LogP contribution is -2.12. The first-order chi connectivity index (χ1) is 15.6. The maximum atomic E-state index is 12.2. The summed E-state index contributed by atoms with van der Waals surface area (Å²) in [6.07, 6.45) is 5.35. The number of aryl methyl sites for hydroxylation is 2. The molecule has 3 aromatic rings. The summed E-state index contributed by atoms with van der Waals surface area (Å²) in [5.74, 6) is -0.328. The first kappa shape index (κ1) is 23.1. The molecular formula is C27H29NO4. The van der Waals surface area contributed by atoms with Gasteiger partial charge in [-0.3, -0.25) is 4.79 Å². The molecule has 0 saturated carbocycles. The summed E-state index contributed by atoms with van der Waals surface area (Å²) < 4.78 is 5.82. The summed E-state index contributed by atoms with van der Waals surface area (Å²) in [5.41, 5.74) is 3.07. The number of hydrogen-bond donors (Lipinski definition) is 2. The molecule has 5 nitrogen and oxygen atoms in total. The number of nitrogens with one attached hydrogen (secondary N) is 1. The van der Waals surface area contributed by atoms with Gasteiger partial charge in [0, 0.05) is 12.1 Å². The van der Waals surface area contributed by atoms with Crippen LogP contribution >= 0.6 is 0 Å². The lowest BCUT2D eigenvalue weighted by molar-refractivity contribution is -0.116. The number of aromatic carboxylic acids is 1. The van der Waals surface area contributed by atoms with Gasteiger partial charge in [-0.05, 0) is 73.6 Å². The van der Waals surface area contributed by atoms with Crippen LogP contribution in [0.3, 0.4) is 0 Å². The van der Waals surface area contributed by atoms with Gasteiger partial charge in [0.05, 0.1) is 12.2 Å². The minimum Gasteiger partial charge on any atom is -0.494 e. The van der Waals surface area contributed by atoms with Gasteiger partial charge in [-0.2, -0.15) is 0 Å². The SMILES string of the molecule is O=C(CCc1ccc(OCCCCCc2ccccc2)cc1)Nc1cccc(C(=O)O)c1. The summed E-state index contributed by atoms with van der Waals surface area (Å²) in [5, 5.41) is 11.8. The van der Waals surface area contributed by atoms with Crippen molar-refractivity contribution in [3.8, 4) is 5.75 Å². The normalized spacial score (nSPS) is 10.5. The van der Waals surface area contributed by atoms with Gasteiger partial charge in [0.25, 0.3) is 0 Å². The van der Waals surface area contributed by atoms with Crippen LogP contribution in [0.5, 0.6) is 5.75 Å². The average molecular weight is 432 g/mol. The van der Waals surface area contributed by atoms with Crippen LogP contribution in [0.2, 0.25) is 0 Å². The predicted molar refractivity (Wildman–Crippen MR) is 126 cm³/mol. The maximum absolute atomic E-state index is 12.2. The first-order valence-corrected chi connectivity index (χ1v) is 11.0. The van der Waals surface area contributed by atoms with Crippen LogP contribution < -0.4 is 10.1 Å². The predicted octanol–water partition coefficient (Wildman–Crippen LogP) is 5.75. The minimum absolute atomic E-state index is 0.148. The lowest BCUT2D eigenvalue weighted by atomic mass is 10.1. The number of benzene rings is 3. The van der Waals surface area contributed by atoms with E-state index in [-0.39, 0.29) is 11.5 Å². The molecule has 0 fully saturated rings. The Bertz CT molecular complexity index is 1000. The van der Waals surface area contributed by atoms with Crippen molar-refractivity contribution in [2.45, 2.75) is 38.5 Å². The zero-order valence-electron chi connectivity index (χ0n) is 18.1. The highest BCUT2D eigenvalue weighted by Crippen LogP contribution is 2.16. The number of hydrogen-bond acceptors (Lipinski definition) is 3. The van der Waals surface area contributed by atoms with E-state index >= 15 is 0 Å². The standard InChI is InChI=1S/C27H29NO4/c29-26(28-24-12-7-11-23(20-24)27(30)31)18-15-22-13-16-25(17-14-22)32-19-6-2-5-10-21-8-3-1-4-9-21/h1,3-4,7-9,11-14,16-17,20H,2,5-6,10,15,18-19H2,(H,28,29)(H,30,31). The highest BCUT2D eigenvalue weighted by molar-refractivity contribution is 5.93. The lowest BCUT2D eigenvalue weighted by Gasteiger charge is -2.08. The molecule has 32 heavy (non-hydrogen) atoms. The van der Waals surface area contributed by atoms with Crippen LogP contribution in [0.15, 0.2) is 78.9 Å². The number of carboxylic acids is 1. The molecule has 3 rings (SSSR count). The minimum atomic E-state index is -1.02. The smallest absolute Gasteiger partial charge is 0.335 e. The van der Waals surface area contributed by atoms with Crippen molar-refractivity contribution < 1.29 is 19.4 Å². The Kier molecular flexibility index (Phi) is 8.87. The fourth-order valence-electron chi connectivity index (χ4n) is 3.41. The van der Waals surface area contributed by atoms with E-state index in [1.54, 1.807) is 12.1 Å². The van der Waals surface area contributed by atoms with E-state index in [1.165, 1.54) is 17.7 Å². The van der Waals surface area contributed by atoms with E-state index in [1.807, 2.05) is 30.3 Å². The average Bonchev–Trinajstić information content (AvgIpc) is 2.81. The molecule has 166 valence electrons. The third-order valence-corrected chi connectivity index (χ3v) is 5.18. The zero-order valence-corrected chi connectivity index (χ0v) is 18.1. The Labute approximate surface area is 189 Å². The van der Waals surface area contributed by atoms with Gasteiger partial charge in [-0.1, -0.05) is 48.5 Å². The molecule has 0 aromatic heterocycles. The van der Waals surface area contributed by atoms with Crippen LogP contribution in [0.1, 0.15) is 47.2 Å². The Morgan fingerprint density at radius 3 is 2.28 bits per heavy atom. The molecule has 0 atom stereocenters. The van der Waals surface area contributed by atoms with E-state index in [4.69, 9.17) is 9.84 Å². The molecule has 0 radical (unpaired) electrons. The van der Waals surface area contributed by atoms with E-state index in [0.29, 0.717) is 25.1 Å². The van der Waals surface area contributed by atoms with E-state index < -0.39 is 5.97 Å². The zero-order chi connectivity index (χ0) is 22.6.